The Kier molecular flexibility index (Phi) is 15.0. The second-order valence-corrected chi connectivity index (χ2v) is 13.8. The van der Waals surface area contributed by atoms with Crippen molar-refractivity contribution in [3.63, 3.8) is 0 Å². The van der Waals surface area contributed by atoms with Crippen LogP contribution in [0.25, 0.3) is 11.1 Å². The van der Waals surface area contributed by atoms with Crippen LogP contribution in [0.15, 0.2) is 67.0 Å². The van der Waals surface area contributed by atoms with Crippen molar-refractivity contribution < 1.29 is 24.1 Å². The highest BCUT2D eigenvalue weighted by Gasteiger charge is 2.19. The maximum Gasteiger partial charge on any atom is 0.290 e. The van der Waals surface area contributed by atoms with E-state index in [1.165, 1.54) is 45.2 Å². The zero-order valence-corrected chi connectivity index (χ0v) is 31.2. The maximum absolute atomic E-state index is 9.31. The molecule has 0 unspecified atom stereocenters. The third-order valence-electron chi connectivity index (χ3n) is 9.43. The van der Waals surface area contributed by atoms with Crippen LogP contribution in [0.5, 0.6) is 17.2 Å². The topological polar surface area (TPSA) is 108 Å². The summed E-state index contributed by atoms with van der Waals surface area (Å²) in [7, 11) is 0. The number of hydrogen-bond donors (Lipinski definition) is 1. The van der Waals surface area contributed by atoms with Gasteiger partial charge in [0.2, 0.25) is 0 Å². The molecule has 6 rings (SSSR count). The number of rotatable bonds is 14. The molecule has 0 bridgehead atoms. The fourth-order valence-corrected chi connectivity index (χ4v) is 7.21. The first-order valence-electron chi connectivity index (χ1n) is 17.8. The van der Waals surface area contributed by atoms with Crippen LogP contribution in [0.2, 0.25) is 10.0 Å². The number of pyridine rings is 1. The van der Waals surface area contributed by atoms with E-state index < -0.39 is 0 Å². The molecule has 2 fully saturated rings. The largest absolute Gasteiger partial charge is 0.492 e. The van der Waals surface area contributed by atoms with Crippen molar-refractivity contribution in [2.45, 2.75) is 65.2 Å². The molecule has 274 valence electrons. The van der Waals surface area contributed by atoms with Crippen molar-refractivity contribution in [2.24, 2.45) is 0 Å². The lowest BCUT2D eigenvalue weighted by Gasteiger charge is -2.27. The predicted molar refractivity (Wildman–Crippen MR) is 204 cm³/mol. The van der Waals surface area contributed by atoms with Crippen molar-refractivity contribution >= 4 is 29.7 Å². The Morgan fingerprint density at radius 1 is 0.827 bits per heavy atom. The normalized spacial score (nSPS) is 14.6. The van der Waals surface area contributed by atoms with Crippen LogP contribution < -0.4 is 14.2 Å². The highest BCUT2D eigenvalue weighted by molar-refractivity contribution is 6.35. The first kappa shape index (κ1) is 38.9. The molecule has 0 aliphatic carbocycles. The van der Waals surface area contributed by atoms with E-state index in [9.17, 15) is 5.26 Å². The van der Waals surface area contributed by atoms with E-state index in [4.69, 9.17) is 47.3 Å². The number of likely N-dealkylation sites (tertiary alicyclic amines) is 2. The van der Waals surface area contributed by atoms with Crippen LogP contribution in [-0.2, 0) is 24.6 Å². The van der Waals surface area contributed by atoms with Gasteiger partial charge < -0.3 is 24.2 Å². The number of carbonyl (C=O) groups is 1. The number of halogens is 2. The molecule has 0 amide bonds. The highest BCUT2D eigenvalue weighted by atomic mass is 35.5. The van der Waals surface area contributed by atoms with Crippen molar-refractivity contribution in [1.29, 1.82) is 5.26 Å². The molecular weight excluding hydrogens is 699 g/mol. The van der Waals surface area contributed by atoms with Gasteiger partial charge in [-0.15, -0.1) is 0 Å². The average Bonchev–Trinajstić information content (AvgIpc) is 3.68. The summed E-state index contributed by atoms with van der Waals surface area (Å²) in [5.74, 6) is 1.97. The lowest BCUT2D eigenvalue weighted by molar-refractivity contribution is -0.122. The number of aromatic nitrogens is 1. The molecule has 3 heterocycles. The van der Waals surface area contributed by atoms with Gasteiger partial charge in [0.15, 0.2) is 0 Å². The molecule has 4 aromatic rings. The number of ether oxygens (including phenoxy) is 3. The smallest absolute Gasteiger partial charge is 0.290 e. The predicted octanol–water partition coefficient (Wildman–Crippen LogP) is 8.94. The second kappa shape index (κ2) is 20.1. The summed E-state index contributed by atoms with van der Waals surface area (Å²) >= 11 is 13.8. The Hall–Kier alpha value is -4.33. The lowest BCUT2D eigenvalue weighted by atomic mass is 9.96. The Morgan fingerprint density at radius 2 is 1.52 bits per heavy atom. The summed E-state index contributed by atoms with van der Waals surface area (Å²) < 4.78 is 18.9. The van der Waals surface area contributed by atoms with Crippen LogP contribution in [0, 0.1) is 18.3 Å². The Labute approximate surface area is 316 Å². The van der Waals surface area contributed by atoms with Gasteiger partial charge in [-0.25, -0.2) is 0 Å². The van der Waals surface area contributed by atoms with Gasteiger partial charge in [0.25, 0.3) is 6.47 Å². The minimum absolute atomic E-state index is 0.250. The van der Waals surface area contributed by atoms with E-state index in [1.54, 1.807) is 18.5 Å². The zero-order valence-electron chi connectivity index (χ0n) is 29.7. The number of nitriles is 1. The van der Waals surface area contributed by atoms with Crippen LogP contribution in [0.1, 0.15) is 66.3 Å². The maximum atomic E-state index is 9.31. The third kappa shape index (κ3) is 10.8. The Bertz CT molecular complexity index is 1820. The lowest BCUT2D eigenvalue weighted by Crippen LogP contribution is -2.29. The second-order valence-electron chi connectivity index (χ2n) is 13.1. The molecule has 2 aliphatic heterocycles. The van der Waals surface area contributed by atoms with E-state index in [-0.39, 0.29) is 13.1 Å². The van der Waals surface area contributed by atoms with Crippen molar-refractivity contribution in [3.8, 4) is 34.4 Å². The average molecular weight is 746 g/mol. The van der Waals surface area contributed by atoms with E-state index in [2.05, 4.69) is 39.9 Å². The number of nitrogens with zero attached hydrogens (tertiary/aromatic N) is 4. The minimum Gasteiger partial charge on any atom is -0.492 e. The van der Waals surface area contributed by atoms with E-state index in [0.717, 1.165) is 66.0 Å². The fourth-order valence-electron chi connectivity index (χ4n) is 6.69. The van der Waals surface area contributed by atoms with Crippen LogP contribution in [-0.4, -0.2) is 65.7 Å². The summed E-state index contributed by atoms with van der Waals surface area (Å²) in [4.78, 5) is 17.5. The molecule has 1 aromatic heterocycles. The monoisotopic (exact) mass is 744 g/mol. The SMILES string of the molecule is Cc1c(COc2cc(OCc3cncc(C#N)c3)c(CN3CCCCC3)cc2Cl)cccc1-c1cccc(OCCCN2CCCC2)c1Cl.O=CO. The molecule has 9 nitrogen and oxygen atoms in total. The number of piperidine rings is 1. The summed E-state index contributed by atoms with van der Waals surface area (Å²) in [6.07, 6.45) is 10.5. The standard InChI is InChI=1S/C40H44Cl2N4O3.CH2O2/c1-29-32(10-7-11-34(29)35-12-8-13-37(40(35)42)47-19-9-18-45-14-5-6-15-45)28-49-39-22-38(48-27-31-20-30(23-43)24-44-25-31)33(21-36(39)41)26-46-16-3-2-4-17-46;2-1-3/h7-8,10-13,20-22,24-25H,2-6,9,14-19,26-28H2,1H3;1H,(H,2,3). The number of hydrogen-bond acceptors (Lipinski definition) is 8. The van der Waals surface area contributed by atoms with Crippen LogP contribution in [0.4, 0.5) is 0 Å². The van der Waals surface area contributed by atoms with E-state index >= 15 is 0 Å². The van der Waals surface area contributed by atoms with Crippen molar-refractivity contribution in [1.82, 2.24) is 14.8 Å². The molecule has 52 heavy (non-hydrogen) atoms. The molecule has 0 saturated carbocycles. The first-order valence-corrected chi connectivity index (χ1v) is 18.6. The minimum atomic E-state index is -0.250. The molecule has 0 atom stereocenters. The summed E-state index contributed by atoms with van der Waals surface area (Å²) in [6, 6.07) is 20.0. The molecule has 0 spiro atoms. The zero-order chi connectivity index (χ0) is 36.7. The Morgan fingerprint density at radius 3 is 2.29 bits per heavy atom. The first-order chi connectivity index (χ1) is 25.4. The third-order valence-corrected chi connectivity index (χ3v) is 10.1. The van der Waals surface area contributed by atoms with Crippen molar-refractivity contribution in [2.75, 3.05) is 39.3 Å². The van der Waals surface area contributed by atoms with Gasteiger partial charge in [0.05, 0.1) is 22.2 Å². The quantitative estimate of drug-likeness (QED) is 0.100. The molecule has 0 radical (unpaired) electrons. The molecule has 2 saturated heterocycles. The number of benzene rings is 3. The van der Waals surface area contributed by atoms with Crippen LogP contribution in [0.3, 0.4) is 0 Å². The Balaban J connectivity index is 0.00000168. The van der Waals surface area contributed by atoms with Crippen LogP contribution >= 0.6 is 23.2 Å². The molecule has 1 N–H and O–H groups in total. The van der Waals surface area contributed by atoms with Gasteiger partial charge in [-0.05, 0) is 100 Å². The van der Waals surface area contributed by atoms with Crippen molar-refractivity contribution in [3.05, 3.63) is 105 Å². The molecular formula is C41H46Cl2N4O5. The van der Waals surface area contributed by atoms with E-state index in [1.807, 2.05) is 36.4 Å². The van der Waals surface area contributed by atoms with Gasteiger partial charge in [-0.3, -0.25) is 14.7 Å². The fraction of sp³-hybridized carbons (Fsp3) is 0.390. The summed E-state index contributed by atoms with van der Waals surface area (Å²) in [6.45, 7) is 9.37. The molecule has 2 aliphatic rings. The molecule has 3 aromatic carbocycles. The summed E-state index contributed by atoms with van der Waals surface area (Å²) in [5.41, 5.74) is 6.41. The summed E-state index contributed by atoms with van der Waals surface area (Å²) in [5, 5.41) is 17.4. The number of carboxylic acid groups (broad SMARTS) is 1. The van der Waals surface area contributed by atoms with E-state index in [0.29, 0.717) is 46.1 Å². The van der Waals surface area contributed by atoms with Gasteiger partial charge in [-0.1, -0.05) is 60.0 Å². The molecule has 11 heteroatoms. The van der Waals surface area contributed by atoms with Gasteiger partial charge in [0, 0.05) is 48.2 Å². The van der Waals surface area contributed by atoms with Gasteiger partial charge >= 0.3 is 0 Å². The van der Waals surface area contributed by atoms with Gasteiger partial charge in [-0.2, -0.15) is 5.26 Å². The van der Waals surface area contributed by atoms with Gasteiger partial charge in [0.1, 0.15) is 36.5 Å². The highest BCUT2D eigenvalue weighted by Crippen LogP contribution is 2.39.